The van der Waals surface area contributed by atoms with Crippen molar-refractivity contribution in [3.05, 3.63) is 77.8 Å². The molecule has 7 heteroatoms. The van der Waals surface area contributed by atoms with Crippen molar-refractivity contribution in [2.24, 2.45) is 22.1 Å². The number of aromatic nitrogens is 2. The van der Waals surface area contributed by atoms with Gasteiger partial charge in [-0.25, -0.2) is 19.4 Å². The van der Waals surface area contributed by atoms with Gasteiger partial charge in [-0.3, -0.25) is 4.79 Å². The summed E-state index contributed by atoms with van der Waals surface area (Å²) in [4.78, 5) is 24.6. The number of halogens is 1. The fourth-order valence-electron chi connectivity index (χ4n) is 4.93. The number of nitrogens with one attached hydrogen (secondary N) is 1. The predicted octanol–water partition coefficient (Wildman–Crippen LogP) is 4.22. The molecule has 3 N–H and O–H groups in total. The molecule has 1 heterocycles. The second-order valence-corrected chi connectivity index (χ2v) is 9.05. The summed E-state index contributed by atoms with van der Waals surface area (Å²) < 4.78 is 13.3. The van der Waals surface area contributed by atoms with Crippen molar-refractivity contribution in [2.45, 2.75) is 45.6 Å². The van der Waals surface area contributed by atoms with Crippen LogP contribution in [0.4, 0.5) is 10.1 Å². The highest BCUT2D eigenvalue weighted by Crippen LogP contribution is 2.55. The Hall–Kier alpha value is -3.79. The maximum Gasteiger partial charge on any atom is 0.217 e. The third-order valence-corrected chi connectivity index (χ3v) is 6.72. The highest BCUT2D eigenvalue weighted by Gasteiger charge is 2.46. The number of carbonyl (C=O) groups excluding carboxylic acids is 1. The van der Waals surface area contributed by atoms with Gasteiger partial charge in [-0.15, -0.1) is 0 Å². The lowest BCUT2D eigenvalue weighted by Crippen LogP contribution is -2.37. The van der Waals surface area contributed by atoms with Crippen molar-refractivity contribution < 1.29 is 9.18 Å². The summed E-state index contributed by atoms with van der Waals surface area (Å²) >= 11 is 0. The molecular weight excluding hydrogens is 429 g/mol. The van der Waals surface area contributed by atoms with E-state index in [1.807, 2.05) is 0 Å². The number of benzene rings is 1. The Balaban J connectivity index is 1.59. The van der Waals surface area contributed by atoms with Crippen molar-refractivity contribution in [1.82, 2.24) is 15.3 Å². The van der Waals surface area contributed by atoms with E-state index in [4.69, 9.17) is 10.7 Å². The van der Waals surface area contributed by atoms with E-state index < -0.39 is 0 Å². The number of aliphatic imine (C=N–C) groups is 1. The molecule has 2 aliphatic carbocycles. The number of hydrogen-bond donors (Lipinski definition) is 2. The molecule has 174 valence electrons. The Morgan fingerprint density at radius 1 is 1.35 bits per heavy atom. The maximum atomic E-state index is 13.3. The molecule has 34 heavy (non-hydrogen) atoms. The number of rotatable bonds is 4. The lowest BCUT2D eigenvalue weighted by Gasteiger charge is -2.38. The second kappa shape index (κ2) is 10.0. The molecule has 1 aromatic heterocycles. The van der Waals surface area contributed by atoms with Crippen molar-refractivity contribution in [1.29, 1.82) is 0 Å². The first-order chi connectivity index (χ1) is 16.4. The summed E-state index contributed by atoms with van der Waals surface area (Å²) in [5.74, 6) is 6.21. The number of amides is 1. The lowest BCUT2D eigenvalue weighted by atomic mass is 9.67. The molecule has 1 fully saturated rings. The van der Waals surface area contributed by atoms with Gasteiger partial charge in [0.2, 0.25) is 5.91 Å². The molecule has 0 bridgehead atoms. The maximum absolute atomic E-state index is 13.3. The van der Waals surface area contributed by atoms with Crippen LogP contribution in [-0.4, -0.2) is 27.6 Å². The fraction of sp³-hybridized carbons (Fsp3) is 0.333. The highest BCUT2D eigenvalue weighted by atomic mass is 19.1. The molecular formula is C27H28FN5O. The zero-order valence-corrected chi connectivity index (χ0v) is 19.4. The van der Waals surface area contributed by atoms with Crippen LogP contribution < -0.4 is 11.1 Å². The van der Waals surface area contributed by atoms with Gasteiger partial charge in [0.25, 0.3) is 0 Å². The van der Waals surface area contributed by atoms with E-state index in [0.717, 1.165) is 37.0 Å². The molecule has 2 aromatic rings. The van der Waals surface area contributed by atoms with E-state index in [1.54, 1.807) is 30.7 Å². The van der Waals surface area contributed by atoms with Gasteiger partial charge in [0.05, 0.1) is 23.0 Å². The van der Waals surface area contributed by atoms with Gasteiger partial charge in [0.1, 0.15) is 12.1 Å². The third kappa shape index (κ3) is 5.23. The van der Waals surface area contributed by atoms with Gasteiger partial charge >= 0.3 is 0 Å². The quantitative estimate of drug-likeness (QED) is 0.672. The van der Waals surface area contributed by atoms with Crippen molar-refractivity contribution >= 4 is 17.3 Å². The fourth-order valence-corrected chi connectivity index (χ4v) is 4.93. The Bertz CT molecular complexity index is 1210. The van der Waals surface area contributed by atoms with Gasteiger partial charge in [0.15, 0.2) is 0 Å². The number of nitrogens with two attached hydrogens (primary N) is 1. The molecule has 6 nitrogen and oxygen atoms in total. The van der Waals surface area contributed by atoms with E-state index in [0.29, 0.717) is 17.2 Å². The molecule has 1 aromatic carbocycles. The number of allylic oxidation sites excluding steroid dienone is 3. The average Bonchev–Trinajstić information content (AvgIpc) is 3.13. The van der Waals surface area contributed by atoms with Crippen LogP contribution in [0.1, 0.15) is 45.1 Å². The Kier molecular flexibility index (Phi) is 6.87. The monoisotopic (exact) mass is 457 g/mol. The molecule has 3 atom stereocenters. The zero-order valence-electron chi connectivity index (χ0n) is 19.4. The van der Waals surface area contributed by atoms with E-state index in [2.05, 4.69) is 40.1 Å². The highest BCUT2D eigenvalue weighted by molar-refractivity contribution is 6.11. The first-order valence-electron chi connectivity index (χ1n) is 11.4. The summed E-state index contributed by atoms with van der Waals surface area (Å²) in [7, 11) is 0. The molecule has 0 saturated heterocycles. The van der Waals surface area contributed by atoms with E-state index in [1.165, 1.54) is 31.0 Å². The summed E-state index contributed by atoms with van der Waals surface area (Å²) in [6.45, 7) is 3.77. The number of carbonyl (C=O) groups is 1. The molecule has 0 spiro atoms. The van der Waals surface area contributed by atoms with Gasteiger partial charge < -0.3 is 11.1 Å². The van der Waals surface area contributed by atoms with E-state index >= 15 is 0 Å². The number of nitrogens with zero attached hydrogens (tertiary/aromatic N) is 3. The molecule has 2 aliphatic rings. The summed E-state index contributed by atoms with van der Waals surface area (Å²) in [5, 5.41) is 2.99. The van der Waals surface area contributed by atoms with Crippen molar-refractivity contribution in [3.8, 4) is 11.8 Å². The van der Waals surface area contributed by atoms with Crippen LogP contribution in [0.3, 0.4) is 0 Å². The molecule has 4 rings (SSSR count). The Labute approximate surface area is 199 Å². The smallest absolute Gasteiger partial charge is 0.217 e. The van der Waals surface area contributed by atoms with Crippen LogP contribution in [0.5, 0.6) is 0 Å². The van der Waals surface area contributed by atoms with Gasteiger partial charge in [-0.1, -0.05) is 24.3 Å². The molecule has 1 amide bonds. The Morgan fingerprint density at radius 2 is 2.09 bits per heavy atom. The topological polar surface area (TPSA) is 93.3 Å². The molecule has 1 saturated carbocycles. The zero-order chi connectivity index (χ0) is 24.1. The minimum atomic E-state index is -0.289. The van der Waals surface area contributed by atoms with Crippen LogP contribution in [0.15, 0.2) is 71.4 Å². The van der Waals surface area contributed by atoms with Gasteiger partial charge in [0, 0.05) is 19.3 Å². The third-order valence-electron chi connectivity index (χ3n) is 6.72. The Morgan fingerprint density at radius 3 is 2.76 bits per heavy atom. The molecule has 1 unspecified atom stereocenters. The van der Waals surface area contributed by atoms with Gasteiger partial charge in [-0.05, 0) is 79.1 Å². The van der Waals surface area contributed by atoms with Crippen LogP contribution in [0, 0.1) is 29.0 Å². The largest absolute Gasteiger partial charge is 0.404 e. The van der Waals surface area contributed by atoms with E-state index in [-0.39, 0.29) is 23.2 Å². The van der Waals surface area contributed by atoms with Crippen molar-refractivity contribution in [2.75, 3.05) is 0 Å². The average molecular weight is 458 g/mol. The number of fused-ring (bicyclic) bond motifs is 1. The van der Waals surface area contributed by atoms with Gasteiger partial charge in [-0.2, -0.15) is 0 Å². The van der Waals surface area contributed by atoms with Crippen molar-refractivity contribution in [3.63, 3.8) is 0 Å². The minimum absolute atomic E-state index is 0.0960. The van der Waals surface area contributed by atoms with Crippen LogP contribution in [0.2, 0.25) is 0 Å². The predicted molar refractivity (Wildman–Crippen MR) is 130 cm³/mol. The lowest BCUT2D eigenvalue weighted by molar-refractivity contribution is -0.119. The van der Waals surface area contributed by atoms with Crippen LogP contribution in [-0.2, 0) is 4.79 Å². The molecule has 0 radical (unpaired) electrons. The van der Waals surface area contributed by atoms with E-state index in [9.17, 15) is 9.18 Å². The minimum Gasteiger partial charge on any atom is -0.404 e. The van der Waals surface area contributed by atoms with Crippen LogP contribution in [0.25, 0.3) is 0 Å². The number of hydrogen-bond acceptors (Lipinski definition) is 5. The molecule has 0 aliphatic heterocycles. The SMILES string of the molecule is CC(=O)NC(C#Cc1cncnc1)C[C@H]1CCC2=CC(=Nc3ccc(F)cc3)C(=CN)C[C@@]21C. The first-order valence-corrected chi connectivity index (χ1v) is 11.4. The normalized spacial score (nSPS) is 24.7. The summed E-state index contributed by atoms with van der Waals surface area (Å²) in [6.07, 6.45) is 12.0. The first kappa shape index (κ1) is 23.4. The van der Waals surface area contributed by atoms with Crippen LogP contribution >= 0.6 is 0 Å². The summed E-state index contributed by atoms with van der Waals surface area (Å²) in [5.41, 5.74) is 10.4. The standard InChI is InChI=1S/C27H28FN5O/c1-18(34)32-25(8-3-19-15-30-17-31-16-19)11-21-4-5-22-12-26(20(14-29)13-27(21,22)2)33-24-9-6-23(28)7-10-24/h6-7,9-10,12,14-17,21,25H,4-5,11,13,29H2,1-2H3,(H,32,34)/t21-,25?,27-/m1/s1. The second-order valence-electron chi connectivity index (χ2n) is 9.05. The summed E-state index contributed by atoms with van der Waals surface area (Å²) in [6, 6.07) is 5.85.